The van der Waals surface area contributed by atoms with Gasteiger partial charge in [-0.3, -0.25) is 4.90 Å². The summed E-state index contributed by atoms with van der Waals surface area (Å²) in [6.45, 7) is 7.51. The monoisotopic (exact) mass is 287 g/mol. The Morgan fingerprint density at radius 3 is 2.76 bits per heavy atom. The van der Waals surface area contributed by atoms with E-state index in [1.54, 1.807) is 0 Å². The predicted molar refractivity (Wildman–Crippen MR) is 79.4 cm³/mol. The van der Waals surface area contributed by atoms with Crippen LogP contribution in [0.15, 0.2) is 16.5 Å². The number of aryl methyl sites for hydroxylation is 3. The first-order valence-corrected chi connectivity index (χ1v) is 7.26. The Hall–Kier alpha value is -1.88. The van der Waals surface area contributed by atoms with Crippen molar-refractivity contribution in [3.8, 4) is 5.88 Å². The molecular formula is C16H21N3O2. The molecule has 0 amide bonds. The van der Waals surface area contributed by atoms with Crippen molar-refractivity contribution in [1.29, 1.82) is 0 Å². The molecule has 1 aliphatic rings. The molecule has 5 heteroatoms. The molecule has 21 heavy (non-hydrogen) atoms. The molecule has 0 saturated carbocycles. The molecule has 0 aliphatic carbocycles. The van der Waals surface area contributed by atoms with Gasteiger partial charge in [0.15, 0.2) is 0 Å². The molecule has 2 aromatic heterocycles. The molecule has 1 atom stereocenters. The molecule has 1 unspecified atom stereocenters. The molecule has 1 aliphatic heterocycles. The fourth-order valence-electron chi connectivity index (χ4n) is 2.81. The number of likely N-dealkylation sites (N-methyl/N-ethyl adjacent to an activating group) is 1. The zero-order valence-electron chi connectivity index (χ0n) is 13.0. The van der Waals surface area contributed by atoms with E-state index >= 15 is 0 Å². The smallest absolute Gasteiger partial charge is 0.220 e. The lowest BCUT2D eigenvalue weighted by Gasteiger charge is -2.19. The van der Waals surface area contributed by atoms with Gasteiger partial charge in [-0.2, -0.15) is 4.98 Å². The summed E-state index contributed by atoms with van der Waals surface area (Å²) in [5.41, 5.74) is 2.18. The van der Waals surface area contributed by atoms with Crippen molar-refractivity contribution in [3.63, 3.8) is 0 Å². The van der Waals surface area contributed by atoms with Gasteiger partial charge in [-0.1, -0.05) is 0 Å². The number of hydrogen-bond donors (Lipinski definition) is 0. The van der Waals surface area contributed by atoms with Gasteiger partial charge in [0, 0.05) is 24.2 Å². The Balaban J connectivity index is 1.61. The molecule has 0 bridgehead atoms. The zero-order valence-corrected chi connectivity index (χ0v) is 13.0. The third-order valence-corrected chi connectivity index (χ3v) is 3.73. The van der Waals surface area contributed by atoms with Crippen molar-refractivity contribution in [1.82, 2.24) is 14.9 Å². The fraction of sp³-hybridized carbons (Fsp3) is 0.500. The largest absolute Gasteiger partial charge is 0.472 e. The molecular weight excluding hydrogens is 266 g/mol. The lowest BCUT2D eigenvalue weighted by atomic mass is 10.1. The minimum Gasteiger partial charge on any atom is -0.472 e. The number of aromatic nitrogens is 2. The van der Waals surface area contributed by atoms with Crippen molar-refractivity contribution in [2.45, 2.75) is 39.8 Å². The van der Waals surface area contributed by atoms with E-state index in [1.807, 2.05) is 32.9 Å². The molecule has 0 fully saturated rings. The van der Waals surface area contributed by atoms with Crippen LogP contribution in [-0.4, -0.2) is 34.6 Å². The molecule has 3 heterocycles. The van der Waals surface area contributed by atoms with Crippen LogP contribution in [0.3, 0.4) is 0 Å². The summed E-state index contributed by atoms with van der Waals surface area (Å²) >= 11 is 0. The SMILES string of the molecule is Cc1nc(C)c2c(n1)OC(CN(C)Cc1ccc(C)o1)C2. The maximum Gasteiger partial charge on any atom is 0.220 e. The molecule has 3 rings (SSSR count). The van der Waals surface area contributed by atoms with Crippen LogP contribution in [0.1, 0.15) is 28.6 Å². The molecule has 0 N–H and O–H groups in total. The molecule has 0 aromatic carbocycles. The summed E-state index contributed by atoms with van der Waals surface area (Å²) in [6, 6.07) is 4.02. The quantitative estimate of drug-likeness (QED) is 0.864. The average molecular weight is 287 g/mol. The molecule has 112 valence electrons. The van der Waals surface area contributed by atoms with E-state index in [0.717, 1.165) is 54.0 Å². The summed E-state index contributed by atoms with van der Waals surface area (Å²) < 4.78 is 11.6. The van der Waals surface area contributed by atoms with Crippen LogP contribution in [0.25, 0.3) is 0 Å². The third kappa shape index (κ3) is 3.08. The van der Waals surface area contributed by atoms with Gasteiger partial charge in [0.25, 0.3) is 0 Å². The van der Waals surface area contributed by atoms with Gasteiger partial charge in [0.2, 0.25) is 5.88 Å². The molecule has 2 aromatic rings. The van der Waals surface area contributed by atoms with Crippen molar-refractivity contribution in [3.05, 3.63) is 40.7 Å². The second-order valence-electron chi connectivity index (χ2n) is 5.79. The first-order valence-electron chi connectivity index (χ1n) is 7.26. The number of nitrogens with zero attached hydrogens (tertiary/aromatic N) is 3. The highest BCUT2D eigenvalue weighted by Crippen LogP contribution is 2.29. The second kappa shape index (κ2) is 5.48. The molecule has 0 radical (unpaired) electrons. The first-order chi connectivity index (χ1) is 10.0. The fourth-order valence-corrected chi connectivity index (χ4v) is 2.81. The van der Waals surface area contributed by atoms with E-state index in [9.17, 15) is 0 Å². The van der Waals surface area contributed by atoms with E-state index in [-0.39, 0.29) is 6.10 Å². The summed E-state index contributed by atoms with van der Waals surface area (Å²) in [6.07, 6.45) is 1.01. The summed E-state index contributed by atoms with van der Waals surface area (Å²) in [7, 11) is 2.08. The Morgan fingerprint density at radius 1 is 1.24 bits per heavy atom. The number of rotatable bonds is 4. The standard InChI is InChI=1S/C16H21N3O2/c1-10-5-6-13(20-10)8-19(4)9-14-7-15-11(2)17-12(3)18-16(15)21-14/h5-6,14H,7-9H2,1-4H3. The van der Waals surface area contributed by atoms with Gasteiger partial charge < -0.3 is 9.15 Å². The zero-order chi connectivity index (χ0) is 15.0. The van der Waals surface area contributed by atoms with E-state index in [0.29, 0.717) is 0 Å². The van der Waals surface area contributed by atoms with Gasteiger partial charge in [0.1, 0.15) is 23.4 Å². The van der Waals surface area contributed by atoms with Gasteiger partial charge in [-0.05, 0) is 40.0 Å². The highest BCUT2D eigenvalue weighted by Gasteiger charge is 2.27. The van der Waals surface area contributed by atoms with Crippen LogP contribution in [0, 0.1) is 20.8 Å². The lowest BCUT2D eigenvalue weighted by Crippen LogP contribution is -2.31. The van der Waals surface area contributed by atoms with Crippen LogP contribution in [0.4, 0.5) is 0 Å². The van der Waals surface area contributed by atoms with Gasteiger partial charge in [-0.15, -0.1) is 0 Å². The summed E-state index contributed by atoms with van der Waals surface area (Å²) in [5.74, 6) is 3.46. The molecule has 0 saturated heterocycles. The van der Waals surface area contributed by atoms with Gasteiger partial charge in [-0.25, -0.2) is 4.98 Å². The van der Waals surface area contributed by atoms with E-state index in [4.69, 9.17) is 9.15 Å². The summed E-state index contributed by atoms with van der Waals surface area (Å²) in [4.78, 5) is 11.0. The van der Waals surface area contributed by atoms with E-state index in [2.05, 4.69) is 21.9 Å². The van der Waals surface area contributed by atoms with Crippen LogP contribution in [0.5, 0.6) is 5.88 Å². The highest BCUT2D eigenvalue weighted by atomic mass is 16.5. The maximum atomic E-state index is 5.96. The predicted octanol–water partition coefficient (Wildman–Crippen LogP) is 2.43. The van der Waals surface area contributed by atoms with Crippen LogP contribution < -0.4 is 4.74 Å². The lowest BCUT2D eigenvalue weighted by molar-refractivity contribution is 0.155. The normalized spacial score (nSPS) is 17.1. The third-order valence-electron chi connectivity index (χ3n) is 3.73. The van der Waals surface area contributed by atoms with Crippen molar-refractivity contribution >= 4 is 0 Å². The van der Waals surface area contributed by atoms with Gasteiger partial charge >= 0.3 is 0 Å². The minimum atomic E-state index is 0.135. The van der Waals surface area contributed by atoms with Crippen molar-refractivity contribution in [2.24, 2.45) is 0 Å². The number of ether oxygens (including phenoxy) is 1. The Bertz CT molecular complexity index is 651. The number of furan rings is 1. The van der Waals surface area contributed by atoms with E-state index < -0.39 is 0 Å². The Morgan fingerprint density at radius 2 is 2.05 bits per heavy atom. The van der Waals surface area contributed by atoms with Crippen molar-refractivity contribution in [2.75, 3.05) is 13.6 Å². The topological polar surface area (TPSA) is 51.4 Å². The number of hydrogen-bond acceptors (Lipinski definition) is 5. The Kier molecular flexibility index (Phi) is 3.68. The number of fused-ring (bicyclic) bond motifs is 1. The Labute approximate surface area is 125 Å². The van der Waals surface area contributed by atoms with E-state index in [1.165, 1.54) is 0 Å². The highest BCUT2D eigenvalue weighted by molar-refractivity contribution is 5.34. The molecule has 5 nitrogen and oxygen atoms in total. The average Bonchev–Trinajstić information content (AvgIpc) is 2.95. The minimum absolute atomic E-state index is 0.135. The maximum absolute atomic E-state index is 5.96. The summed E-state index contributed by atoms with van der Waals surface area (Å²) in [5, 5.41) is 0. The van der Waals surface area contributed by atoms with Crippen LogP contribution >= 0.6 is 0 Å². The first kappa shape index (κ1) is 14.1. The van der Waals surface area contributed by atoms with Crippen molar-refractivity contribution < 1.29 is 9.15 Å². The van der Waals surface area contributed by atoms with Crippen LogP contribution in [-0.2, 0) is 13.0 Å². The van der Waals surface area contributed by atoms with Crippen LogP contribution in [0.2, 0.25) is 0 Å². The molecule has 0 spiro atoms. The van der Waals surface area contributed by atoms with Gasteiger partial charge in [0.05, 0.1) is 6.54 Å². The second-order valence-corrected chi connectivity index (χ2v) is 5.79.